The minimum absolute atomic E-state index is 0.0428. The van der Waals surface area contributed by atoms with Crippen LogP contribution in [0.3, 0.4) is 0 Å². The first-order chi connectivity index (χ1) is 14.0. The maximum Gasteiger partial charge on any atom is 0.262 e. The van der Waals surface area contributed by atoms with Crippen molar-refractivity contribution in [3.8, 4) is 5.75 Å². The largest absolute Gasteiger partial charge is 0.484 e. The number of nitrogens with two attached hydrogens (primary N) is 1. The van der Waals surface area contributed by atoms with Crippen molar-refractivity contribution in [2.75, 3.05) is 55.3 Å². The SMILES string of the molecule is CCN1CCN(c2ccc(N)cc2NC(=O)COc2ccc(C(C)C)cc2)CC1. The number of piperazine rings is 1. The summed E-state index contributed by atoms with van der Waals surface area (Å²) in [5.41, 5.74) is 9.58. The first-order valence-electron chi connectivity index (χ1n) is 10.4. The number of carbonyl (C=O) groups is 1. The van der Waals surface area contributed by atoms with Crippen molar-refractivity contribution >= 4 is 23.0 Å². The normalized spacial score (nSPS) is 14.8. The van der Waals surface area contributed by atoms with Crippen LogP contribution in [0.25, 0.3) is 0 Å². The van der Waals surface area contributed by atoms with E-state index >= 15 is 0 Å². The Bertz CT molecular complexity index is 812. The van der Waals surface area contributed by atoms with E-state index in [4.69, 9.17) is 10.5 Å². The molecule has 3 rings (SSSR count). The topological polar surface area (TPSA) is 70.8 Å². The van der Waals surface area contributed by atoms with Gasteiger partial charge >= 0.3 is 0 Å². The average Bonchev–Trinajstić information content (AvgIpc) is 2.73. The van der Waals surface area contributed by atoms with Gasteiger partial charge in [-0.05, 0) is 48.4 Å². The molecule has 0 aromatic heterocycles. The number of carbonyl (C=O) groups excluding carboxylic acids is 1. The second-order valence-electron chi connectivity index (χ2n) is 7.76. The Balaban J connectivity index is 1.61. The molecule has 2 aromatic carbocycles. The van der Waals surface area contributed by atoms with E-state index in [0.717, 1.165) is 44.1 Å². The van der Waals surface area contributed by atoms with Crippen molar-refractivity contribution in [1.82, 2.24) is 4.90 Å². The lowest BCUT2D eigenvalue weighted by Gasteiger charge is -2.36. The van der Waals surface area contributed by atoms with Crippen molar-refractivity contribution in [3.05, 3.63) is 48.0 Å². The van der Waals surface area contributed by atoms with Gasteiger partial charge in [-0.2, -0.15) is 0 Å². The molecule has 156 valence electrons. The van der Waals surface area contributed by atoms with Crippen LogP contribution < -0.4 is 20.7 Å². The number of anilines is 3. The molecule has 6 heteroatoms. The molecule has 0 unspecified atom stereocenters. The Morgan fingerprint density at radius 3 is 2.41 bits per heavy atom. The highest BCUT2D eigenvalue weighted by atomic mass is 16.5. The van der Waals surface area contributed by atoms with Gasteiger partial charge in [-0.3, -0.25) is 4.79 Å². The fourth-order valence-electron chi connectivity index (χ4n) is 3.52. The van der Waals surface area contributed by atoms with Crippen LogP contribution in [-0.2, 0) is 4.79 Å². The summed E-state index contributed by atoms with van der Waals surface area (Å²) in [6.07, 6.45) is 0. The molecule has 0 spiro atoms. The Hall–Kier alpha value is -2.73. The van der Waals surface area contributed by atoms with Gasteiger partial charge in [0.1, 0.15) is 5.75 Å². The second-order valence-corrected chi connectivity index (χ2v) is 7.76. The van der Waals surface area contributed by atoms with Gasteiger partial charge in [-0.25, -0.2) is 0 Å². The zero-order valence-corrected chi connectivity index (χ0v) is 17.6. The molecule has 1 aliphatic heterocycles. The van der Waals surface area contributed by atoms with E-state index in [1.54, 1.807) is 0 Å². The minimum Gasteiger partial charge on any atom is -0.484 e. The number of nitrogens with one attached hydrogen (secondary N) is 1. The van der Waals surface area contributed by atoms with E-state index in [0.29, 0.717) is 17.4 Å². The van der Waals surface area contributed by atoms with Crippen molar-refractivity contribution in [3.63, 3.8) is 0 Å². The molecule has 3 N–H and O–H groups in total. The third kappa shape index (κ3) is 5.64. The third-order valence-corrected chi connectivity index (χ3v) is 5.37. The number of hydrogen-bond donors (Lipinski definition) is 2. The summed E-state index contributed by atoms with van der Waals surface area (Å²) in [7, 11) is 0. The van der Waals surface area contributed by atoms with Gasteiger partial charge < -0.3 is 25.6 Å². The van der Waals surface area contributed by atoms with Crippen LogP contribution in [0.4, 0.5) is 17.1 Å². The fraction of sp³-hybridized carbons (Fsp3) is 0.435. The summed E-state index contributed by atoms with van der Waals surface area (Å²) in [4.78, 5) is 17.2. The first kappa shape index (κ1) is 21.0. The smallest absolute Gasteiger partial charge is 0.262 e. The summed E-state index contributed by atoms with van der Waals surface area (Å²) in [5.74, 6) is 0.957. The number of amides is 1. The van der Waals surface area contributed by atoms with E-state index in [1.165, 1.54) is 5.56 Å². The van der Waals surface area contributed by atoms with Crippen LogP contribution in [-0.4, -0.2) is 50.1 Å². The molecule has 0 saturated carbocycles. The van der Waals surface area contributed by atoms with Gasteiger partial charge in [-0.1, -0.05) is 32.9 Å². The zero-order valence-electron chi connectivity index (χ0n) is 17.6. The van der Waals surface area contributed by atoms with Crippen LogP contribution in [0.15, 0.2) is 42.5 Å². The molecule has 1 aliphatic rings. The van der Waals surface area contributed by atoms with Crippen molar-refractivity contribution < 1.29 is 9.53 Å². The number of likely N-dealkylation sites (N-methyl/N-ethyl adjacent to an activating group) is 1. The average molecular weight is 397 g/mol. The molecular weight excluding hydrogens is 364 g/mol. The molecule has 29 heavy (non-hydrogen) atoms. The van der Waals surface area contributed by atoms with Crippen LogP contribution in [0.2, 0.25) is 0 Å². The highest BCUT2D eigenvalue weighted by molar-refractivity contribution is 5.96. The van der Waals surface area contributed by atoms with E-state index < -0.39 is 0 Å². The maximum atomic E-state index is 12.5. The van der Waals surface area contributed by atoms with Crippen molar-refractivity contribution in [2.45, 2.75) is 26.7 Å². The fourth-order valence-corrected chi connectivity index (χ4v) is 3.52. The molecule has 0 atom stereocenters. The number of nitrogens with zero attached hydrogens (tertiary/aromatic N) is 2. The Morgan fingerprint density at radius 1 is 1.10 bits per heavy atom. The lowest BCUT2D eigenvalue weighted by Crippen LogP contribution is -2.46. The van der Waals surface area contributed by atoms with Gasteiger partial charge in [0.05, 0.1) is 11.4 Å². The van der Waals surface area contributed by atoms with Gasteiger partial charge in [0.25, 0.3) is 5.91 Å². The van der Waals surface area contributed by atoms with Crippen LogP contribution in [0, 0.1) is 0 Å². The molecule has 0 bridgehead atoms. The predicted molar refractivity (Wildman–Crippen MR) is 120 cm³/mol. The highest BCUT2D eigenvalue weighted by Crippen LogP contribution is 2.29. The molecule has 1 fully saturated rings. The number of rotatable bonds is 7. The molecule has 0 radical (unpaired) electrons. The summed E-state index contributed by atoms with van der Waals surface area (Å²) < 4.78 is 5.66. The lowest BCUT2D eigenvalue weighted by molar-refractivity contribution is -0.118. The van der Waals surface area contributed by atoms with E-state index in [2.05, 4.69) is 35.9 Å². The molecule has 1 heterocycles. The van der Waals surface area contributed by atoms with Gasteiger partial charge in [0.2, 0.25) is 0 Å². The van der Waals surface area contributed by atoms with Crippen LogP contribution in [0.1, 0.15) is 32.3 Å². The monoisotopic (exact) mass is 396 g/mol. The summed E-state index contributed by atoms with van der Waals surface area (Å²) in [6.45, 7) is 11.4. The highest BCUT2D eigenvalue weighted by Gasteiger charge is 2.19. The number of ether oxygens (including phenoxy) is 1. The number of hydrogen-bond acceptors (Lipinski definition) is 5. The lowest BCUT2D eigenvalue weighted by atomic mass is 10.0. The molecule has 1 amide bonds. The van der Waals surface area contributed by atoms with Crippen LogP contribution in [0.5, 0.6) is 5.75 Å². The van der Waals surface area contributed by atoms with E-state index in [-0.39, 0.29) is 12.5 Å². The summed E-state index contributed by atoms with van der Waals surface area (Å²) >= 11 is 0. The third-order valence-electron chi connectivity index (χ3n) is 5.37. The second kappa shape index (κ2) is 9.65. The van der Waals surface area contributed by atoms with Crippen molar-refractivity contribution in [2.24, 2.45) is 0 Å². The van der Waals surface area contributed by atoms with Gasteiger partial charge in [-0.15, -0.1) is 0 Å². The molecule has 0 aliphatic carbocycles. The molecule has 6 nitrogen and oxygen atoms in total. The summed E-state index contributed by atoms with van der Waals surface area (Å²) in [5, 5.41) is 2.97. The van der Waals surface area contributed by atoms with Gasteiger partial charge in [0, 0.05) is 31.9 Å². The summed E-state index contributed by atoms with van der Waals surface area (Å²) in [6, 6.07) is 13.6. The Kier molecular flexibility index (Phi) is 6.99. The predicted octanol–water partition coefficient (Wildman–Crippen LogP) is 3.55. The molecule has 2 aromatic rings. The molecule has 1 saturated heterocycles. The number of benzene rings is 2. The molecular formula is C23H32N4O2. The maximum absolute atomic E-state index is 12.5. The van der Waals surface area contributed by atoms with Gasteiger partial charge in [0.15, 0.2) is 6.61 Å². The Labute approximate surface area is 173 Å². The standard InChI is InChI=1S/C23H32N4O2/c1-4-26-11-13-27(14-12-26)22-10-7-19(24)15-21(22)25-23(28)16-29-20-8-5-18(6-9-20)17(2)3/h5-10,15,17H,4,11-14,16,24H2,1-3H3,(H,25,28). The minimum atomic E-state index is -0.197. The quantitative estimate of drug-likeness (QED) is 0.701. The number of nitrogen functional groups attached to an aromatic ring is 1. The Morgan fingerprint density at radius 2 is 1.79 bits per heavy atom. The first-order valence-corrected chi connectivity index (χ1v) is 10.4. The van der Waals surface area contributed by atoms with Crippen LogP contribution >= 0.6 is 0 Å². The van der Waals surface area contributed by atoms with E-state index in [9.17, 15) is 4.79 Å². The zero-order chi connectivity index (χ0) is 20.8. The van der Waals surface area contributed by atoms with Crippen molar-refractivity contribution in [1.29, 1.82) is 0 Å². The van der Waals surface area contributed by atoms with E-state index in [1.807, 2.05) is 42.5 Å².